The Hall–Kier alpha value is -4.10. The molecule has 3 rings (SSSR count). The first kappa shape index (κ1) is 29.9. The monoisotopic (exact) mass is 540 g/mol. The lowest BCUT2D eigenvalue weighted by Crippen LogP contribution is -2.32. The molecular formula is C21H30Cl2N10O3. The molecule has 13 nitrogen and oxygen atoms in total. The Morgan fingerprint density at radius 1 is 0.806 bits per heavy atom. The van der Waals surface area contributed by atoms with E-state index >= 15 is 0 Å². The lowest BCUT2D eigenvalue weighted by atomic mass is 10.3. The second kappa shape index (κ2) is 13.1. The molecule has 0 aromatic carbocycles. The number of amides is 3. The lowest BCUT2D eigenvalue weighted by molar-refractivity contribution is 0.0944. The normalized spacial score (nSPS) is 10.3. The third-order valence-corrected chi connectivity index (χ3v) is 4.97. The third kappa shape index (κ3) is 7.20. The van der Waals surface area contributed by atoms with E-state index in [4.69, 9.17) is 11.6 Å². The molecule has 0 aliphatic carbocycles. The highest BCUT2D eigenvalue weighted by Crippen LogP contribution is 2.19. The van der Waals surface area contributed by atoms with Crippen molar-refractivity contribution in [2.45, 2.75) is 0 Å². The molecule has 196 valence electrons. The Labute approximate surface area is 220 Å². The Morgan fingerprint density at radius 3 is 1.75 bits per heavy atom. The van der Waals surface area contributed by atoms with Gasteiger partial charge >= 0.3 is 0 Å². The lowest BCUT2D eigenvalue weighted by Gasteiger charge is -2.05. The maximum absolute atomic E-state index is 12.8. The number of hydrazone groups is 1. The van der Waals surface area contributed by atoms with Gasteiger partial charge in [-0.25, -0.2) is 0 Å². The number of nitrogen functional groups attached to an aromatic ring is 1. The van der Waals surface area contributed by atoms with E-state index in [-0.39, 0.29) is 36.6 Å². The summed E-state index contributed by atoms with van der Waals surface area (Å²) in [6.07, 6.45) is 6.24. The van der Waals surface area contributed by atoms with Gasteiger partial charge in [-0.05, 0) is 18.2 Å². The van der Waals surface area contributed by atoms with Gasteiger partial charge in [-0.2, -0.15) is 5.10 Å². The highest BCUT2D eigenvalue weighted by molar-refractivity contribution is 6.07. The van der Waals surface area contributed by atoms with Crippen molar-refractivity contribution in [1.82, 2.24) is 24.3 Å². The second-order valence-electron chi connectivity index (χ2n) is 7.62. The Balaban J connectivity index is 0.00000324. The molecule has 0 radical (unpaired) electrons. The van der Waals surface area contributed by atoms with Crippen molar-refractivity contribution in [1.29, 1.82) is 0 Å². The summed E-state index contributed by atoms with van der Waals surface area (Å²) in [5.74, 6) is 3.95. The van der Waals surface area contributed by atoms with Gasteiger partial charge in [-0.15, -0.1) is 24.8 Å². The first-order chi connectivity index (χ1) is 16.2. The molecule has 0 saturated carbocycles. The SMILES string of the molecule is Cl.Cl.Cn1cc(NC(=O)c2cc(NC(=O)c3cc(N)cn3C)cn2C)cc1C(=O)NCCNC=NN. The fourth-order valence-corrected chi connectivity index (χ4v) is 3.38. The van der Waals surface area contributed by atoms with Crippen LogP contribution in [0.2, 0.25) is 0 Å². The predicted octanol–water partition coefficient (Wildman–Crippen LogP) is 0.854. The molecule has 0 unspecified atom stereocenters. The Morgan fingerprint density at radius 2 is 1.28 bits per heavy atom. The van der Waals surface area contributed by atoms with Gasteiger partial charge in [0.1, 0.15) is 23.4 Å². The Bertz CT molecular complexity index is 1240. The van der Waals surface area contributed by atoms with Gasteiger partial charge < -0.3 is 46.5 Å². The molecule has 0 aliphatic heterocycles. The van der Waals surface area contributed by atoms with Crippen LogP contribution in [-0.2, 0) is 21.1 Å². The molecule has 3 amide bonds. The number of carbonyl (C=O) groups is 3. The minimum Gasteiger partial charge on any atom is -0.397 e. The fraction of sp³-hybridized carbons (Fsp3) is 0.238. The number of hydrogen-bond acceptors (Lipinski definition) is 6. The summed E-state index contributed by atoms with van der Waals surface area (Å²) in [6, 6.07) is 4.71. The molecule has 0 saturated heterocycles. The molecule has 8 N–H and O–H groups in total. The van der Waals surface area contributed by atoms with Gasteiger partial charge in [0.05, 0.1) is 17.1 Å². The molecule has 3 heterocycles. The van der Waals surface area contributed by atoms with Crippen molar-refractivity contribution in [2.75, 3.05) is 29.5 Å². The van der Waals surface area contributed by atoms with Gasteiger partial charge in [0.2, 0.25) is 0 Å². The average molecular weight is 541 g/mol. The zero-order valence-corrected chi connectivity index (χ0v) is 21.6. The first-order valence-corrected chi connectivity index (χ1v) is 10.3. The molecule has 0 fully saturated rings. The van der Waals surface area contributed by atoms with Crippen LogP contribution in [0.4, 0.5) is 17.1 Å². The van der Waals surface area contributed by atoms with Gasteiger partial charge in [0.25, 0.3) is 17.7 Å². The predicted molar refractivity (Wildman–Crippen MR) is 144 cm³/mol. The molecule has 15 heteroatoms. The highest BCUT2D eigenvalue weighted by Gasteiger charge is 2.18. The molecule has 3 aromatic rings. The van der Waals surface area contributed by atoms with Crippen molar-refractivity contribution in [3.63, 3.8) is 0 Å². The van der Waals surface area contributed by atoms with Crippen LogP contribution >= 0.6 is 24.8 Å². The van der Waals surface area contributed by atoms with E-state index in [1.54, 1.807) is 71.6 Å². The minimum atomic E-state index is -0.395. The largest absolute Gasteiger partial charge is 0.397 e. The molecule has 3 aromatic heterocycles. The molecule has 0 bridgehead atoms. The molecular weight excluding hydrogens is 511 g/mol. The second-order valence-corrected chi connectivity index (χ2v) is 7.62. The number of anilines is 3. The quantitative estimate of drug-likeness (QED) is 0.0769. The number of carbonyl (C=O) groups excluding carboxylic acids is 3. The van der Waals surface area contributed by atoms with E-state index in [1.807, 2.05) is 0 Å². The van der Waals surface area contributed by atoms with Gasteiger partial charge in [-0.3, -0.25) is 14.4 Å². The van der Waals surface area contributed by atoms with Crippen LogP contribution in [0.5, 0.6) is 0 Å². The average Bonchev–Trinajstić information content (AvgIpc) is 3.43. The van der Waals surface area contributed by atoms with Crippen LogP contribution in [0.1, 0.15) is 31.5 Å². The van der Waals surface area contributed by atoms with Crippen molar-refractivity contribution in [2.24, 2.45) is 32.1 Å². The third-order valence-electron chi connectivity index (χ3n) is 4.97. The number of nitrogens with one attached hydrogen (secondary N) is 4. The molecule has 0 atom stereocenters. The molecule has 0 spiro atoms. The number of nitrogens with two attached hydrogens (primary N) is 2. The van der Waals surface area contributed by atoms with E-state index in [0.717, 1.165) is 0 Å². The summed E-state index contributed by atoms with van der Waals surface area (Å²) >= 11 is 0. The number of rotatable bonds is 9. The standard InChI is InChI=1S/C21H28N10O3.2ClH/c1-29-9-13(22)6-16(29)20(33)27-15-8-18(31(3)11-15)21(34)28-14-7-17(30(2)10-14)19(32)25-5-4-24-12-26-23;;/h6-12H,4-5,22-23H2,1-3H3,(H,24,26)(H,25,32)(H,27,33)(H,28,34);2*1H. The van der Waals surface area contributed by atoms with Crippen molar-refractivity contribution in [3.05, 3.63) is 53.9 Å². The van der Waals surface area contributed by atoms with Crippen LogP contribution < -0.4 is 32.8 Å². The summed E-state index contributed by atoms with van der Waals surface area (Å²) in [5.41, 5.74) is 8.22. The number of aryl methyl sites for hydroxylation is 3. The first-order valence-electron chi connectivity index (χ1n) is 10.3. The smallest absolute Gasteiger partial charge is 0.272 e. The number of hydrogen-bond donors (Lipinski definition) is 6. The van der Waals surface area contributed by atoms with Crippen LogP contribution in [0.3, 0.4) is 0 Å². The number of nitrogens with zero attached hydrogens (tertiary/aromatic N) is 4. The van der Waals surface area contributed by atoms with E-state index in [2.05, 4.69) is 26.4 Å². The molecule has 36 heavy (non-hydrogen) atoms. The van der Waals surface area contributed by atoms with Crippen molar-refractivity contribution < 1.29 is 14.4 Å². The van der Waals surface area contributed by atoms with E-state index in [0.29, 0.717) is 47.2 Å². The topological polar surface area (TPSA) is 179 Å². The summed E-state index contributed by atoms with van der Waals surface area (Å²) in [4.78, 5) is 37.7. The zero-order chi connectivity index (χ0) is 24.8. The summed E-state index contributed by atoms with van der Waals surface area (Å²) in [6.45, 7) is 0.829. The van der Waals surface area contributed by atoms with Crippen LogP contribution in [0.25, 0.3) is 0 Å². The summed E-state index contributed by atoms with van der Waals surface area (Å²) in [5, 5.41) is 14.4. The fourth-order valence-electron chi connectivity index (χ4n) is 3.38. The van der Waals surface area contributed by atoms with Crippen LogP contribution in [0, 0.1) is 0 Å². The number of aromatic nitrogens is 3. The summed E-state index contributed by atoms with van der Waals surface area (Å²) in [7, 11) is 5.12. The van der Waals surface area contributed by atoms with Gasteiger partial charge in [0, 0.05) is 52.8 Å². The minimum absolute atomic E-state index is 0. The van der Waals surface area contributed by atoms with Gasteiger partial charge in [0.15, 0.2) is 0 Å². The van der Waals surface area contributed by atoms with Crippen LogP contribution in [0.15, 0.2) is 41.9 Å². The van der Waals surface area contributed by atoms with E-state index in [1.165, 1.54) is 6.34 Å². The summed E-state index contributed by atoms with van der Waals surface area (Å²) < 4.78 is 4.83. The maximum atomic E-state index is 12.8. The molecule has 0 aliphatic rings. The maximum Gasteiger partial charge on any atom is 0.272 e. The van der Waals surface area contributed by atoms with E-state index < -0.39 is 5.91 Å². The highest BCUT2D eigenvalue weighted by atomic mass is 35.5. The zero-order valence-electron chi connectivity index (χ0n) is 19.9. The Kier molecular flexibility index (Phi) is 10.9. The number of halogens is 2. The van der Waals surface area contributed by atoms with Gasteiger partial charge in [-0.1, -0.05) is 0 Å². The van der Waals surface area contributed by atoms with Crippen molar-refractivity contribution >= 4 is 65.9 Å². The van der Waals surface area contributed by atoms with Crippen molar-refractivity contribution in [3.8, 4) is 0 Å². The van der Waals surface area contributed by atoms with Crippen LogP contribution in [-0.4, -0.2) is 50.9 Å². The van der Waals surface area contributed by atoms with E-state index in [9.17, 15) is 14.4 Å².